The van der Waals surface area contributed by atoms with E-state index in [1.165, 1.54) is 0 Å². The molecule has 0 saturated carbocycles. The fourth-order valence-corrected chi connectivity index (χ4v) is 0.980. The number of carbonyl (C=O) groups excluding carboxylic acids is 2. The van der Waals surface area contributed by atoms with Gasteiger partial charge in [-0.2, -0.15) is 0 Å². The molecular formula is C6H6BrNO2. The first kappa shape index (κ1) is 7.47. The molecule has 1 rings (SSSR count). The van der Waals surface area contributed by atoms with Crippen molar-refractivity contribution < 1.29 is 9.59 Å². The normalized spacial score (nSPS) is 19.4. The summed E-state index contributed by atoms with van der Waals surface area (Å²) in [6.45, 7) is 1.68. The molecular weight excluding hydrogens is 198 g/mol. The minimum Gasteiger partial charge on any atom is -0.328 e. The first-order chi connectivity index (χ1) is 4.61. The maximum Gasteiger partial charge on any atom is 0.232 e. The minimum absolute atomic E-state index is 0.0437. The third-order valence-electron chi connectivity index (χ3n) is 1.22. The predicted molar refractivity (Wildman–Crippen MR) is 39.4 cm³/mol. The largest absolute Gasteiger partial charge is 0.328 e. The number of allylic oxidation sites excluding steroid dienone is 2. The Balaban J connectivity index is 2.95. The molecule has 0 atom stereocenters. The summed E-state index contributed by atoms with van der Waals surface area (Å²) >= 11 is 3.06. The molecule has 3 nitrogen and oxygen atoms in total. The molecule has 1 aliphatic rings. The smallest absolute Gasteiger partial charge is 0.232 e. The van der Waals surface area contributed by atoms with Crippen LogP contribution < -0.4 is 5.32 Å². The van der Waals surface area contributed by atoms with Crippen molar-refractivity contribution in [2.45, 2.75) is 13.3 Å². The first-order valence-corrected chi connectivity index (χ1v) is 3.60. The van der Waals surface area contributed by atoms with Crippen molar-refractivity contribution in [3.63, 3.8) is 0 Å². The summed E-state index contributed by atoms with van der Waals surface area (Å²) in [6.07, 6.45) is -0.0437. The van der Waals surface area contributed by atoms with Crippen molar-refractivity contribution in [2.24, 2.45) is 0 Å². The van der Waals surface area contributed by atoms with Gasteiger partial charge in [-0.1, -0.05) is 0 Å². The van der Waals surface area contributed by atoms with Crippen LogP contribution in [0.4, 0.5) is 0 Å². The van der Waals surface area contributed by atoms with Gasteiger partial charge in [0.05, 0.1) is 10.9 Å². The Morgan fingerprint density at radius 2 is 2.10 bits per heavy atom. The van der Waals surface area contributed by atoms with Gasteiger partial charge in [0.2, 0.25) is 5.91 Å². The lowest BCUT2D eigenvalue weighted by atomic mass is 10.2. The molecule has 54 valence electrons. The summed E-state index contributed by atoms with van der Waals surface area (Å²) in [6, 6.07) is 0. The average molecular weight is 204 g/mol. The van der Waals surface area contributed by atoms with Crippen LogP contribution in [0.1, 0.15) is 13.3 Å². The number of rotatable bonds is 0. The van der Waals surface area contributed by atoms with Crippen LogP contribution >= 0.6 is 15.9 Å². The van der Waals surface area contributed by atoms with Gasteiger partial charge in [0, 0.05) is 5.70 Å². The fraction of sp³-hybridized carbons (Fsp3) is 0.333. The third-order valence-corrected chi connectivity index (χ3v) is 2.26. The molecule has 0 aromatic carbocycles. The molecule has 0 radical (unpaired) electrons. The molecule has 4 heteroatoms. The lowest BCUT2D eigenvalue weighted by Gasteiger charge is -2.12. The van der Waals surface area contributed by atoms with Crippen molar-refractivity contribution in [1.82, 2.24) is 5.32 Å². The van der Waals surface area contributed by atoms with Gasteiger partial charge in [0.15, 0.2) is 5.78 Å². The first-order valence-electron chi connectivity index (χ1n) is 2.80. The highest BCUT2D eigenvalue weighted by atomic mass is 79.9. The molecule has 0 saturated heterocycles. The van der Waals surface area contributed by atoms with Crippen LogP contribution in [0, 0.1) is 0 Å². The van der Waals surface area contributed by atoms with E-state index in [1.807, 2.05) is 0 Å². The Labute approximate surface area is 66.6 Å². The topological polar surface area (TPSA) is 46.2 Å². The van der Waals surface area contributed by atoms with Gasteiger partial charge in [0.25, 0.3) is 0 Å². The highest BCUT2D eigenvalue weighted by molar-refractivity contribution is 9.12. The Morgan fingerprint density at radius 1 is 1.50 bits per heavy atom. The summed E-state index contributed by atoms with van der Waals surface area (Å²) in [4.78, 5) is 21.5. The summed E-state index contributed by atoms with van der Waals surface area (Å²) in [7, 11) is 0. The predicted octanol–water partition coefficient (Wildman–Crippen LogP) is 0.702. The Bertz CT molecular complexity index is 232. The Kier molecular flexibility index (Phi) is 1.89. The third kappa shape index (κ3) is 1.26. The van der Waals surface area contributed by atoms with E-state index in [2.05, 4.69) is 21.2 Å². The highest BCUT2D eigenvalue weighted by Gasteiger charge is 2.20. The Morgan fingerprint density at radius 3 is 2.60 bits per heavy atom. The zero-order valence-electron chi connectivity index (χ0n) is 5.40. The van der Waals surface area contributed by atoms with E-state index in [0.29, 0.717) is 10.2 Å². The summed E-state index contributed by atoms with van der Waals surface area (Å²) in [5, 5.41) is 2.53. The second-order valence-electron chi connectivity index (χ2n) is 2.09. The number of amides is 1. The van der Waals surface area contributed by atoms with Crippen LogP contribution in [0.3, 0.4) is 0 Å². The zero-order valence-corrected chi connectivity index (χ0v) is 6.99. The summed E-state index contributed by atoms with van der Waals surface area (Å²) in [5.41, 5.74) is 0.598. The zero-order chi connectivity index (χ0) is 7.72. The van der Waals surface area contributed by atoms with E-state index in [-0.39, 0.29) is 18.1 Å². The van der Waals surface area contributed by atoms with Gasteiger partial charge in [0.1, 0.15) is 0 Å². The number of halogens is 1. The second kappa shape index (κ2) is 2.54. The lowest BCUT2D eigenvalue weighted by Crippen LogP contribution is -2.30. The SMILES string of the molecule is CC1=C(Br)C(=O)CC(=O)N1. The van der Waals surface area contributed by atoms with E-state index in [1.54, 1.807) is 6.92 Å². The van der Waals surface area contributed by atoms with Crippen LogP contribution in [0.5, 0.6) is 0 Å². The molecule has 0 bridgehead atoms. The van der Waals surface area contributed by atoms with Crippen molar-refractivity contribution in [2.75, 3.05) is 0 Å². The molecule has 0 aromatic heterocycles. The van der Waals surface area contributed by atoms with Gasteiger partial charge in [-0.25, -0.2) is 0 Å². The van der Waals surface area contributed by atoms with Crippen molar-refractivity contribution in [1.29, 1.82) is 0 Å². The van der Waals surface area contributed by atoms with E-state index in [0.717, 1.165) is 0 Å². The maximum absolute atomic E-state index is 10.8. The van der Waals surface area contributed by atoms with Gasteiger partial charge < -0.3 is 5.32 Å². The molecule has 10 heavy (non-hydrogen) atoms. The second-order valence-corrected chi connectivity index (χ2v) is 2.88. The van der Waals surface area contributed by atoms with E-state index in [4.69, 9.17) is 0 Å². The molecule has 0 spiro atoms. The quantitative estimate of drug-likeness (QED) is 0.590. The van der Waals surface area contributed by atoms with Gasteiger partial charge in [-0.05, 0) is 22.9 Å². The maximum atomic E-state index is 10.8. The fourth-order valence-electron chi connectivity index (χ4n) is 0.741. The molecule has 0 aromatic rings. The molecule has 1 amide bonds. The number of hydrogen-bond donors (Lipinski definition) is 1. The van der Waals surface area contributed by atoms with Crippen molar-refractivity contribution >= 4 is 27.6 Å². The van der Waals surface area contributed by atoms with Gasteiger partial charge in [-0.15, -0.1) is 0 Å². The molecule has 0 aliphatic carbocycles. The van der Waals surface area contributed by atoms with Crippen LogP contribution in [0.2, 0.25) is 0 Å². The molecule has 0 unspecified atom stereocenters. The van der Waals surface area contributed by atoms with Crippen LogP contribution in [0.15, 0.2) is 10.2 Å². The van der Waals surface area contributed by atoms with E-state index >= 15 is 0 Å². The number of carbonyl (C=O) groups is 2. The molecule has 1 aliphatic heterocycles. The van der Waals surface area contributed by atoms with Crippen LogP contribution in [0.25, 0.3) is 0 Å². The van der Waals surface area contributed by atoms with Crippen LogP contribution in [-0.2, 0) is 9.59 Å². The summed E-state index contributed by atoms with van der Waals surface area (Å²) < 4.78 is 0.479. The standard InChI is InChI=1S/C6H6BrNO2/c1-3-6(7)4(9)2-5(10)8-3/h2H2,1H3,(H,8,10). The van der Waals surface area contributed by atoms with Gasteiger partial charge >= 0.3 is 0 Å². The van der Waals surface area contributed by atoms with Crippen molar-refractivity contribution in [3.8, 4) is 0 Å². The number of nitrogens with one attached hydrogen (secondary N) is 1. The number of ketones is 1. The van der Waals surface area contributed by atoms with E-state index < -0.39 is 0 Å². The highest BCUT2D eigenvalue weighted by Crippen LogP contribution is 2.16. The minimum atomic E-state index is -0.231. The summed E-state index contributed by atoms with van der Waals surface area (Å²) in [5.74, 6) is -0.382. The molecule has 1 heterocycles. The number of Topliss-reactive ketones (excluding diaryl/α,β-unsaturated/α-hetero) is 1. The van der Waals surface area contributed by atoms with Crippen molar-refractivity contribution in [3.05, 3.63) is 10.2 Å². The average Bonchev–Trinajstić information content (AvgIpc) is 1.82. The lowest BCUT2D eigenvalue weighted by molar-refractivity contribution is -0.126. The number of hydrogen-bond acceptors (Lipinski definition) is 2. The molecule has 1 N–H and O–H groups in total. The van der Waals surface area contributed by atoms with E-state index in [9.17, 15) is 9.59 Å². The molecule has 0 fully saturated rings. The Hall–Kier alpha value is -0.640. The van der Waals surface area contributed by atoms with Gasteiger partial charge in [-0.3, -0.25) is 9.59 Å². The monoisotopic (exact) mass is 203 g/mol. The van der Waals surface area contributed by atoms with Crippen LogP contribution in [-0.4, -0.2) is 11.7 Å².